The number of hydrogen-bond donors (Lipinski definition) is 2. The lowest BCUT2D eigenvalue weighted by atomic mass is 10.1. The number of anilines is 2. The van der Waals surface area contributed by atoms with Crippen LogP contribution in [0.15, 0.2) is 48.5 Å². The number of piperazine rings is 1. The summed E-state index contributed by atoms with van der Waals surface area (Å²) in [6.07, 6.45) is 0. The van der Waals surface area contributed by atoms with Crippen LogP contribution in [-0.2, 0) is 0 Å². The van der Waals surface area contributed by atoms with Gasteiger partial charge in [-0.15, -0.1) is 0 Å². The molecule has 1 aliphatic heterocycles. The van der Waals surface area contributed by atoms with Gasteiger partial charge in [-0.05, 0) is 38.1 Å². The Kier molecular flexibility index (Phi) is 5.78. The maximum atomic E-state index is 11.7. The van der Waals surface area contributed by atoms with E-state index in [0.29, 0.717) is 11.6 Å². The number of para-hydroxylation sites is 1. The lowest BCUT2D eigenvalue weighted by molar-refractivity contribution is 0.100. The molecule has 0 radical (unpaired) electrons. The molecule has 5 nitrogen and oxygen atoms in total. The van der Waals surface area contributed by atoms with E-state index in [1.165, 1.54) is 5.69 Å². The quantitative estimate of drug-likeness (QED) is 0.839. The fourth-order valence-electron chi connectivity index (χ4n) is 3.46. The third-order valence-corrected chi connectivity index (χ3v) is 5.09. The van der Waals surface area contributed by atoms with Crippen molar-refractivity contribution in [3.8, 4) is 0 Å². The number of primary amides is 1. The highest BCUT2D eigenvalue weighted by atomic mass is 16.1. The summed E-state index contributed by atoms with van der Waals surface area (Å²) in [5, 5.41) is 3.41. The Balaban J connectivity index is 1.54. The smallest absolute Gasteiger partial charge is 0.250 e. The fourth-order valence-corrected chi connectivity index (χ4v) is 3.46. The van der Waals surface area contributed by atoms with E-state index < -0.39 is 0 Å². The summed E-state index contributed by atoms with van der Waals surface area (Å²) in [5.74, 6) is -0.389. The molecule has 1 unspecified atom stereocenters. The number of carbonyl (C=O) groups excluding carboxylic acids is 1. The van der Waals surface area contributed by atoms with Crippen LogP contribution in [0.3, 0.4) is 0 Å². The van der Waals surface area contributed by atoms with Gasteiger partial charge in [-0.3, -0.25) is 9.69 Å². The minimum atomic E-state index is -0.389. The lowest BCUT2D eigenvalue weighted by Crippen LogP contribution is -2.51. The van der Waals surface area contributed by atoms with E-state index in [1.807, 2.05) is 25.1 Å². The molecule has 1 aliphatic rings. The number of rotatable bonds is 6. The molecule has 1 fully saturated rings. The molecule has 138 valence electrons. The first-order valence-corrected chi connectivity index (χ1v) is 9.23. The van der Waals surface area contributed by atoms with Crippen LogP contribution in [0.25, 0.3) is 0 Å². The van der Waals surface area contributed by atoms with Crippen molar-refractivity contribution in [3.63, 3.8) is 0 Å². The number of nitrogens with one attached hydrogen (secondary N) is 1. The molecular weight excluding hydrogens is 324 g/mol. The molecule has 0 bridgehead atoms. The van der Waals surface area contributed by atoms with Crippen molar-refractivity contribution in [1.82, 2.24) is 4.90 Å². The molecule has 1 heterocycles. The van der Waals surface area contributed by atoms with E-state index in [9.17, 15) is 4.79 Å². The van der Waals surface area contributed by atoms with Crippen LogP contribution in [0.5, 0.6) is 0 Å². The maximum absolute atomic E-state index is 11.7. The van der Waals surface area contributed by atoms with Gasteiger partial charge in [0.1, 0.15) is 0 Å². The molecule has 0 aliphatic carbocycles. The number of benzene rings is 2. The third kappa shape index (κ3) is 4.35. The first-order chi connectivity index (χ1) is 12.5. The van der Waals surface area contributed by atoms with Crippen molar-refractivity contribution < 1.29 is 4.79 Å². The zero-order valence-electron chi connectivity index (χ0n) is 15.6. The normalized spacial score (nSPS) is 16.3. The predicted molar refractivity (Wildman–Crippen MR) is 108 cm³/mol. The molecule has 3 rings (SSSR count). The average Bonchev–Trinajstić information content (AvgIpc) is 2.67. The van der Waals surface area contributed by atoms with Crippen LogP contribution in [0, 0.1) is 6.92 Å². The standard InChI is InChI=1S/C21H28N4O/c1-16-8-9-20(19(14-16)21(22)26)23-15-17(2)24-10-12-25(13-11-24)18-6-4-3-5-7-18/h3-9,14,17,23H,10-13,15H2,1-2H3,(H2,22,26). The second kappa shape index (κ2) is 8.23. The minimum absolute atomic E-state index is 0.384. The molecule has 1 amide bonds. The molecule has 0 spiro atoms. The number of carbonyl (C=O) groups is 1. The highest BCUT2D eigenvalue weighted by Gasteiger charge is 2.21. The van der Waals surface area contributed by atoms with Crippen molar-refractivity contribution in [1.29, 1.82) is 0 Å². The molecule has 0 saturated carbocycles. The second-order valence-corrected chi connectivity index (χ2v) is 7.00. The Bertz CT molecular complexity index is 739. The van der Waals surface area contributed by atoms with Gasteiger partial charge in [-0.1, -0.05) is 29.8 Å². The molecule has 0 aromatic heterocycles. The van der Waals surface area contributed by atoms with Crippen molar-refractivity contribution in [2.45, 2.75) is 19.9 Å². The van der Waals surface area contributed by atoms with Gasteiger partial charge < -0.3 is 16.0 Å². The fraction of sp³-hybridized carbons (Fsp3) is 0.381. The highest BCUT2D eigenvalue weighted by Crippen LogP contribution is 2.19. The van der Waals surface area contributed by atoms with Crippen molar-refractivity contribution >= 4 is 17.3 Å². The Labute approximate surface area is 155 Å². The van der Waals surface area contributed by atoms with Gasteiger partial charge in [0.15, 0.2) is 0 Å². The van der Waals surface area contributed by atoms with Crippen molar-refractivity contribution in [2.75, 3.05) is 42.9 Å². The molecule has 26 heavy (non-hydrogen) atoms. The van der Waals surface area contributed by atoms with E-state index in [2.05, 4.69) is 52.4 Å². The predicted octanol–water partition coefficient (Wildman–Crippen LogP) is 2.72. The van der Waals surface area contributed by atoms with Crippen LogP contribution in [0.4, 0.5) is 11.4 Å². The highest BCUT2D eigenvalue weighted by molar-refractivity contribution is 5.98. The number of amides is 1. The molecule has 3 N–H and O–H groups in total. The van der Waals surface area contributed by atoms with E-state index in [4.69, 9.17) is 5.73 Å². The molecule has 1 atom stereocenters. The number of hydrogen-bond acceptors (Lipinski definition) is 4. The summed E-state index contributed by atoms with van der Waals surface area (Å²) >= 11 is 0. The number of aryl methyl sites for hydroxylation is 1. The maximum Gasteiger partial charge on any atom is 0.250 e. The Morgan fingerprint density at radius 1 is 1.12 bits per heavy atom. The van der Waals surface area contributed by atoms with E-state index in [-0.39, 0.29) is 5.91 Å². The van der Waals surface area contributed by atoms with Crippen molar-refractivity contribution in [3.05, 3.63) is 59.7 Å². The molecule has 2 aromatic rings. The van der Waals surface area contributed by atoms with Crippen LogP contribution in [0.2, 0.25) is 0 Å². The number of nitrogens with zero attached hydrogens (tertiary/aromatic N) is 2. The Hall–Kier alpha value is -2.53. The summed E-state index contributed by atoms with van der Waals surface area (Å²) in [6.45, 7) is 9.11. The van der Waals surface area contributed by atoms with Crippen LogP contribution in [0.1, 0.15) is 22.8 Å². The molecular formula is C21H28N4O. The average molecular weight is 352 g/mol. The Morgan fingerprint density at radius 3 is 2.46 bits per heavy atom. The van der Waals surface area contributed by atoms with E-state index in [1.54, 1.807) is 0 Å². The van der Waals surface area contributed by atoms with Gasteiger partial charge in [0.05, 0.1) is 5.56 Å². The first kappa shape index (κ1) is 18.3. The summed E-state index contributed by atoms with van der Waals surface area (Å²) in [4.78, 5) is 16.6. The van der Waals surface area contributed by atoms with Crippen LogP contribution >= 0.6 is 0 Å². The van der Waals surface area contributed by atoms with Gasteiger partial charge >= 0.3 is 0 Å². The minimum Gasteiger partial charge on any atom is -0.383 e. The first-order valence-electron chi connectivity index (χ1n) is 9.23. The zero-order valence-corrected chi connectivity index (χ0v) is 15.6. The van der Waals surface area contributed by atoms with Gasteiger partial charge in [0, 0.05) is 50.1 Å². The topological polar surface area (TPSA) is 61.6 Å². The van der Waals surface area contributed by atoms with E-state index in [0.717, 1.165) is 44.0 Å². The zero-order chi connectivity index (χ0) is 18.5. The van der Waals surface area contributed by atoms with Gasteiger partial charge in [0.25, 0.3) is 5.91 Å². The molecule has 1 saturated heterocycles. The summed E-state index contributed by atoms with van der Waals surface area (Å²) in [7, 11) is 0. The van der Waals surface area contributed by atoms with Crippen molar-refractivity contribution in [2.24, 2.45) is 5.73 Å². The third-order valence-electron chi connectivity index (χ3n) is 5.09. The lowest BCUT2D eigenvalue weighted by Gasteiger charge is -2.39. The summed E-state index contributed by atoms with van der Waals surface area (Å²) in [6, 6.07) is 16.7. The summed E-state index contributed by atoms with van der Waals surface area (Å²) in [5.41, 5.74) is 9.22. The number of nitrogens with two attached hydrogens (primary N) is 1. The van der Waals surface area contributed by atoms with Crippen LogP contribution in [-0.4, -0.2) is 49.6 Å². The van der Waals surface area contributed by atoms with Gasteiger partial charge in [0.2, 0.25) is 0 Å². The molecule has 2 aromatic carbocycles. The largest absolute Gasteiger partial charge is 0.383 e. The SMILES string of the molecule is Cc1ccc(NCC(C)N2CCN(c3ccccc3)CC2)c(C(N)=O)c1. The molecule has 5 heteroatoms. The summed E-state index contributed by atoms with van der Waals surface area (Å²) < 4.78 is 0. The van der Waals surface area contributed by atoms with E-state index >= 15 is 0 Å². The van der Waals surface area contributed by atoms with Gasteiger partial charge in [-0.2, -0.15) is 0 Å². The monoisotopic (exact) mass is 352 g/mol. The Morgan fingerprint density at radius 2 is 1.81 bits per heavy atom. The van der Waals surface area contributed by atoms with Gasteiger partial charge in [-0.25, -0.2) is 0 Å². The second-order valence-electron chi connectivity index (χ2n) is 7.00. The van der Waals surface area contributed by atoms with Crippen LogP contribution < -0.4 is 16.0 Å².